The standard InChI is InChI=1S/C15H23NO2/c1-11-7-5-6-8-14(11)9-10-16-13(3)12(2)15(17)18-4/h5-8,12-13,16H,9-10H2,1-4H3. The van der Waals surface area contributed by atoms with Crippen LogP contribution in [0.4, 0.5) is 0 Å². The molecule has 0 saturated carbocycles. The first-order valence-electron chi connectivity index (χ1n) is 6.42. The lowest BCUT2D eigenvalue weighted by Gasteiger charge is -2.19. The molecule has 3 heteroatoms. The molecule has 1 aromatic rings. The molecule has 0 aromatic heterocycles. The zero-order valence-corrected chi connectivity index (χ0v) is 11.7. The first-order valence-corrected chi connectivity index (χ1v) is 6.42. The monoisotopic (exact) mass is 249 g/mol. The van der Waals surface area contributed by atoms with Crippen LogP contribution in [0.5, 0.6) is 0 Å². The molecular weight excluding hydrogens is 226 g/mol. The third-order valence-corrected chi connectivity index (χ3v) is 3.44. The third-order valence-electron chi connectivity index (χ3n) is 3.44. The lowest BCUT2D eigenvalue weighted by molar-refractivity contribution is -0.145. The quantitative estimate of drug-likeness (QED) is 0.786. The largest absolute Gasteiger partial charge is 0.469 e. The predicted octanol–water partition coefficient (Wildman–Crippen LogP) is 2.32. The first-order chi connectivity index (χ1) is 8.56. The van der Waals surface area contributed by atoms with Crippen molar-refractivity contribution in [2.24, 2.45) is 5.92 Å². The van der Waals surface area contributed by atoms with Crippen LogP contribution in [0.2, 0.25) is 0 Å². The molecule has 0 bridgehead atoms. The van der Waals surface area contributed by atoms with E-state index in [1.165, 1.54) is 18.2 Å². The van der Waals surface area contributed by atoms with Crippen LogP contribution in [0.3, 0.4) is 0 Å². The number of rotatable bonds is 6. The van der Waals surface area contributed by atoms with E-state index in [1.54, 1.807) is 0 Å². The Morgan fingerprint density at radius 2 is 2.00 bits per heavy atom. The summed E-state index contributed by atoms with van der Waals surface area (Å²) >= 11 is 0. The second-order valence-electron chi connectivity index (χ2n) is 4.73. The van der Waals surface area contributed by atoms with Crippen LogP contribution in [-0.4, -0.2) is 25.7 Å². The summed E-state index contributed by atoms with van der Waals surface area (Å²) in [7, 11) is 1.43. The van der Waals surface area contributed by atoms with Gasteiger partial charge in [0.2, 0.25) is 0 Å². The summed E-state index contributed by atoms with van der Waals surface area (Å²) in [5, 5.41) is 3.37. The zero-order chi connectivity index (χ0) is 13.5. The minimum Gasteiger partial charge on any atom is -0.469 e. The van der Waals surface area contributed by atoms with Crippen molar-refractivity contribution < 1.29 is 9.53 Å². The molecule has 0 aliphatic heterocycles. The number of hydrogen-bond donors (Lipinski definition) is 1. The van der Waals surface area contributed by atoms with Crippen LogP contribution in [0.1, 0.15) is 25.0 Å². The number of hydrogen-bond acceptors (Lipinski definition) is 3. The van der Waals surface area contributed by atoms with Crippen LogP contribution in [0.15, 0.2) is 24.3 Å². The molecule has 3 nitrogen and oxygen atoms in total. The van der Waals surface area contributed by atoms with Crippen molar-refractivity contribution in [3.63, 3.8) is 0 Å². The van der Waals surface area contributed by atoms with E-state index in [9.17, 15) is 4.79 Å². The molecule has 0 amide bonds. The second-order valence-corrected chi connectivity index (χ2v) is 4.73. The molecule has 2 unspecified atom stereocenters. The van der Waals surface area contributed by atoms with E-state index in [-0.39, 0.29) is 17.9 Å². The van der Waals surface area contributed by atoms with Crippen LogP contribution in [0.25, 0.3) is 0 Å². The molecule has 0 saturated heterocycles. The van der Waals surface area contributed by atoms with Gasteiger partial charge in [0.05, 0.1) is 13.0 Å². The summed E-state index contributed by atoms with van der Waals surface area (Å²) in [5.41, 5.74) is 2.66. The van der Waals surface area contributed by atoms with Gasteiger partial charge >= 0.3 is 5.97 Å². The molecule has 0 fully saturated rings. The Labute approximate surface area is 110 Å². The minimum absolute atomic E-state index is 0.119. The zero-order valence-electron chi connectivity index (χ0n) is 11.7. The van der Waals surface area contributed by atoms with Gasteiger partial charge in [0.15, 0.2) is 0 Å². The molecule has 100 valence electrons. The van der Waals surface area contributed by atoms with Crippen LogP contribution in [-0.2, 0) is 16.0 Å². The number of carbonyl (C=O) groups excluding carboxylic acids is 1. The van der Waals surface area contributed by atoms with Crippen molar-refractivity contribution in [3.05, 3.63) is 35.4 Å². The number of esters is 1. The van der Waals surface area contributed by atoms with E-state index in [0.717, 1.165) is 13.0 Å². The van der Waals surface area contributed by atoms with Crippen molar-refractivity contribution >= 4 is 5.97 Å². The third kappa shape index (κ3) is 4.15. The fourth-order valence-corrected chi connectivity index (χ4v) is 1.89. The van der Waals surface area contributed by atoms with Gasteiger partial charge in [0.1, 0.15) is 0 Å². The summed E-state index contributed by atoms with van der Waals surface area (Å²) in [6, 6.07) is 8.50. The summed E-state index contributed by atoms with van der Waals surface area (Å²) < 4.78 is 4.74. The van der Waals surface area contributed by atoms with Gasteiger partial charge in [-0.15, -0.1) is 0 Å². The van der Waals surface area contributed by atoms with E-state index in [1.807, 2.05) is 19.9 Å². The molecular formula is C15H23NO2. The maximum absolute atomic E-state index is 11.4. The highest BCUT2D eigenvalue weighted by Crippen LogP contribution is 2.08. The summed E-state index contributed by atoms with van der Waals surface area (Å²) in [4.78, 5) is 11.4. The fourth-order valence-electron chi connectivity index (χ4n) is 1.89. The molecule has 2 atom stereocenters. The van der Waals surface area contributed by atoms with Crippen molar-refractivity contribution in [3.8, 4) is 0 Å². The van der Waals surface area contributed by atoms with Gasteiger partial charge in [-0.2, -0.15) is 0 Å². The second kappa shape index (κ2) is 7.17. The normalized spacial score (nSPS) is 14.0. The Bertz CT molecular complexity index is 390. The Morgan fingerprint density at radius 3 is 2.61 bits per heavy atom. The van der Waals surface area contributed by atoms with Crippen LogP contribution < -0.4 is 5.32 Å². The summed E-state index contributed by atoms with van der Waals surface area (Å²) in [5.74, 6) is -0.280. The smallest absolute Gasteiger partial charge is 0.309 e. The van der Waals surface area contributed by atoms with Crippen LogP contribution >= 0.6 is 0 Å². The Hall–Kier alpha value is -1.35. The van der Waals surface area contributed by atoms with Gasteiger partial charge in [0, 0.05) is 6.04 Å². The number of ether oxygens (including phenoxy) is 1. The molecule has 0 aliphatic rings. The number of aryl methyl sites for hydroxylation is 1. The molecule has 0 aliphatic carbocycles. The Kier molecular flexibility index (Phi) is 5.86. The SMILES string of the molecule is COC(=O)C(C)C(C)NCCc1ccccc1C. The van der Waals surface area contributed by atoms with Crippen LogP contribution in [0, 0.1) is 12.8 Å². The van der Waals surface area contributed by atoms with Crippen molar-refractivity contribution in [1.29, 1.82) is 0 Å². The van der Waals surface area contributed by atoms with E-state index >= 15 is 0 Å². The predicted molar refractivity (Wildman–Crippen MR) is 73.5 cm³/mol. The van der Waals surface area contributed by atoms with Crippen molar-refractivity contribution in [2.75, 3.05) is 13.7 Å². The lowest BCUT2D eigenvalue weighted by Crippen LogP contribution is -2.37. The van der Waals surface area contributed by atoms with Crippen molar-refractivity contribution in [1.82, 2.24) is 5.32 Å². The highest BCUT2D eigenvalue weighted by Gasteiger charge is 2.19. The topological polar surface area (TPSA) is 38.3 Å². The highest BCUT2D eigenvalue weighted by molar-refractivity contribution is 5.72. The molecule has 0 heterocycles. The molecule has 1 N–H and O–H groups in total. The molecule has 1 rings (SSSR count). The number of benzene rings is 1. The van der Waals surface area contributed by atoms with Gasteiger partial charge < -0.3 is 10.1 Å². The lowest BCUT2D eigenvalue weighted by atomic mass is 10.0. The van der Waals surface area contributed by atoms with Gasteiger partial charge in [-0.05, 0) is 37.9 Å². The average molecular weight is 249 g/mol. The van der Waals surface area contributed by atoms with E-state index < -0.39 is 0 Å². The fraction of sp³-hybridized carbons (Fsp3) is 0.533. The van der Waals surface area contributed by atoms with E-state index in [2.05, 4.69) is 30.4 Å². The number of nitrogens with one attached hydrogen (secondary N) is 1. The average Bonchev–Trinajstić information content (AvgIpc) is 2.39. The molecule has 18 heavy (non-hydrogen) atoms. The number of methoxy groups -OCH3 is 1. The van der Waals surface area contributed by atoms with E-state index in [0.29, 0.717) is 0 Å². The summed E-state index contributed by atoms with van der Waals surface area (Å²) in [6.07, 6.45) is 0.977. The molecule has 0 radical (unpaired) electrons. The van der Waals surface area contributed by atoms with Gasteiger partial charge in [-0.3, -0.25) is 4.79 Å². The molecule has 0 spiro atoms. The summed E-state index contributed by atoms with van der Waals surface area (Å²) in [6.45, 7) is 6.89. The van der Waals surface area contributed by atoms with Gasteiger partial charge in [-0.25, -0.2) is 0 Å². The van der Waals surface area contributed by atoms with E-state index in [4.69, 9.17) is 4.74 Å². The minimum atomic E-state index is -0.161. The highest BCUT2D eigenvalue weighted by atomic mass is 16.5. The Morgan fingerprint density at radius 1 is 1.33 bits per heavy atom. The van der Waals surface area contributed by atoms with Gasteiger partial charge in [0.25, 0.3) is 0 Å². The van der Waals surface area contributed by atoms with Gasteiger partial charge in [-0.1, -0.05) is 31.2 Å². The maximum atomic E-state index is 11.4. The maximum Gasteiger partial charge on any atom is 0.309 e. The molecule has 1 aromatic carbocycles. The van der Waals surface area contributed by atoms with Crippen molar-refractivity contribution in [2.45, 2.75) is 33.2 Å². The first kappa shape index (κ1) is 14.7. The Balaban J connectivity index is 2.38. The number of carbonyl (C=O) groups is 1.